The van der Waals surface area contributed by atoms with Crippen LogP contribution < -0.4 is 27.2 Å². The van der Waals surface area contributed by atoms with E-state index in [1.807, 2.05) is 0 Å². The molecule has 2 saturated carbocycles. The molecule has 1 amide bonds. The van der Waals surface area contributed by atoms with Crippen molar-refractivity contribution in [2.75, 3.05) is 17.7 Å². The monoisotopic (exact) mass is 498 g/mol. The molecule has 36 heavy (non-hydrogen) atoms. The van der Waals surface area contributed by atoms with Crippen molar-refractivity contribution in [1.82, 2.24) is 19.9 Å². The number of amides is 1. The molecule has 2 aromatic heterocycles. The zero-order valence-corrected chi connectivity index (χ0v) is 19.8. The molecule has 0 spiro atoms. The minimum Gasteiger partial charge on any atom is -0.404 e. The lowest BCUT2D eigenvalue weighted by Gasteiger charge is -2.36. The van der Waals surface area contributed by atoms with E-state index in [9.17, 15) is 23.6 Å². The molecule has 2 fully saturated rings. The number of anilines is 3. The van der Waals surface area contributed by atoms with E-state index in [1.165, 1.54) is 0 Å². The van der Waals surface area contributed by atoms with E-state index in [0.717, 1.165) is 25.5 Å². The summed E-state index contributed by atoms with van der Waals surface area (Å²) in [5.41, 5.74) is 5.45. The number of alkyl halides is 2. The first-order valence-electron chi connectivity index (χ1n) is 11.8. The van der Waals surface area contributed by atoms with Gasteiger partial charge in [0.1, 0.15) is 17.3 Å². The van der Waals surface area contributed by atoms with Gasteiger partial charge in [0.25, 0.3) is 17.4 Å². The van der Waals surface area contributed by atoms with Crippen LogP contribution in [0.1, 0.15) is 50.4 Å². The van der Waals surface area contributed by atoms with Gasteiger partial charge in [-0.1, -0.05) is 6.42 Å². The molecule has 5 N–H and O–H groups in total. The number of nitriles is 1. The fraction of sp³-hybridized carbons (Fsp3) is 0.458. The molecule has 4 rings (SSSR count). The van der Waals surface area contributed by atoms with Gasteiger partial charge in [-0.2, -0.15) is 5.26 Å². The van der Waals surface area contributed by atoms with Crippen molar-refractivity contribution >= 4 is 28.8 Å². The minimum atomic E-state index is -2.96. The maximum atomic E-state index is 13.6. The van der Waals surface area contributed by atoms with Crippen LogP contribution in [0.3, 0.4) is 0 Å². The van der Waals surface area contributed by atoms with Gasteiger partial charge >= 0.3 is 0 Å². The van der Waals surface area contributed by atoms with Gasteiger partial charge in [0.15, 0.2) is 5.82 Å². The molecule has 10 nitrogen and oxygen atoms in total. The summed E-state index contributed by atoms with van der Waals surface area (Å²) in [5, 5.41) is 17.4. The number of hydrogen-bond acceptors (Lipinski definition) is 8. The molecule has 190 valence electrons. The van der Waals surface area contributed by atoms with Crippen molar-refractivity contribution in [3.8, 4) is 6.07 Å². The Kier molecular flexibility index (Phi) is 7.19. The summed E-state index contributed by atoms with van der Waals surface area (Å²) in [6.45, 7) is 0. The molecule has 3 unspecified atom stereocenters. The number of halogens is 2. The fourth-order valence-corrected chi connectivity index (χ4v) is 4.50. The van der Waals surface area contributed by atoms with Crippen LogP contribution >= 0.6 is 0 Å². The molecular formula is C24H28F2N8O2. The lowest BCUT2D eigenvalue weighted by molar-refractivity contribution is -0.131. The van der Waals surface area contributed by atoms with Crippen LogP contribution in [-0.4, -0.2) is 39.5 Å². The summed E-state index contributed by atoms with van der Waals surface area (Å²) >= 11 is 0. The van der Waals surface area contributed by atoms with Gasteiger partial charge in [-0.15, -0.1) is 0 Å². The van der Waals surface area contributed by atoms with Crippen molar-refractivity contribution in [1.29, 1.82) is 5.26 Å². The highest BCUT2D eigenvalue weighted by molar-refractivity contribution is 6.18. The summed E-state index contributed by atoms with van der Waals surface area (Å²) in [5.74, 6) is -3.42. The first-order valence-corrected chi connectivity index (χ1v) is 11.8. The third kappa shape index (κ3) is 5.15. The first kappa shape index (κ1) is 25.1. The van der Waals surface area contributed by atoms with Crippen LogP contribution in [0, 0.1) is 17.2 Å². The molecule has 12 heteroatoms. The van der Waals surface area contributed by atoms with Gasteiger partial charge in [-0.3, -0.25) is 9.59 Å². The zero-order valence-electron chi connectivity index (χ0n) is 19.8. The molecule has 2 aromatic rings. The predicted octanol–water partition coefficient (Wildman–Crippen LogP) is 2.89. The Morgan fingerprint density at radius 2 is 2.08 bits per heavy atom. The van der Waals surface area contributed by atoms with Crippen LogP contribution in [0.5, 0.6) is 0 Å². The number of nitrogens with zero attached hydrogens (tertiary/aromatic N) is 4. The molecule has 0 bridgehead atoms. The lowest BCUT2D eigenvalue weighted by Crippen LogP contribution is -2.55. The molecule has 0 aromatic carbocycles. The summed E-state index contributed by atoms with van der Waals surface area (Å²) in [6.07, 6.45) is 5.68. The number of nitrogens with two attached hydrogens (primary N) is 1. The van der Waals surface area contributed by atoms with Crippen LogP contribution in [0.4, 0.5) is 26.1 Å². The van der Waals surface area contributed by atoms with E-state index < -0.39 is 17.9 Å². The lowest BCUT2D eigenvalue weighted by atomic mass is 9.86. The number of pyridine rings is 1. The summed E-state index contributed by atoms with van der Waals surface area (Å²) in [4.78, 5) is 34.4. The Bertz CT molecular complexity index is 1270. The van der Waals surface area contributed by atoms with E-state index in [-0.39, 0.29) is 53.3 Å². The van der Waals surface area contributed by atoms with E-state index >= 15 is 0 Å². The van der Waals surface area contributed by atoms with Gasteiger partial charge in [-0.25, -0.2) is 18.7 Å². The number of nitrogens with one attached hydrogen (secondary N) is 3. The largest absolute Gasteiger partial charge is 0.404 e. The number of carbonyl (C=O) groups excluding carboxylic acids is 1. The van der Waals surface area contributed by atoms with Gasteiger partial charge in [-0.05, 0) is 37.8 Å². The highest BCUT2D eigenvalue weighted by atomic mass is 19.3. The molecule has 2 aliphatic rings. The molecule has 3 atom stereocenters. The van der Waals surface area contributed by atoms with Crippen molar-refractivity contribution in [2.24, 2.45) is 11.7 Å². The molecule has 0 saturated heterocycles. The SMILES string of the molecule is CNc1cc(Nc2cccn(C3CCCC(C#N)C3)c2=O)nc(/C(=C\N)C(=O)NC2CCC2(F)F)n1. The Morgan fingerprint density at radius 1 is 1.31 bits per heavy atom. The first-order chi connectivity index (χ1) is 17.2. The molecular weight excluding hydrogens is 470 g/mol. The maximum absolute atomic E-state index is 13.6. The van der Waals surface area contributed by atoms with E-state index in [0.29, 0.717) is 12.2 Å². The van der Waals surface area contributed by atoms with Crippen molar-refractivity contribution in [3.63, 3.8) is 0 Å². The van der Waals surface area contributed by atoms with E-state index in [2.05, 4.69) is 32.0 Å². The molecule has 2 heterocycles. The Morgan fingerprint density at radius 3 is 2.72 bits per heavy atom. The Balaban J connectivity index is 1.59. The highest BCUT2D eigenvalue weighted by Crippen LogP contribution is 2.38. The third-order valence-electron chi connectivity index (χ3n) is 6.68. The van der Waals surface area contributed by atoms with Crippen LogP contribution in [0.15, 0.2) is 35.4 Å². The van der Waals surface area contributed by atoms with Crippen LogP contribution in [-0.2, 0) is 4.79 Å². The standard InChI is InChI=1S/C24H28F2N8O2/c1-29-19-11-20(33-21(32-19)16(13-28)22(35)31-18-7-8-24(18,25)26)30-17-6-3-9-34(23(17)36)15-5-2-4-14(10-15)12-27/h3,6,9,11,13-15,18H,2,4-5,7-8,10,28H2,1H3,(H,31,35)(H2,29,30,32,33)/b16-13+. The summed E-state index contributed by atoms with van der Waals surface area (Å²) in [6, 6.07) is 5.83. The smallest absolute Gasteiger partial charge is 0.274 e. The highest BCUT2D eigenvalue weighted by Gasteiger charge is 2.49. The van der Waals surface area contributed by atoms with Crippen LogP contribution in [0.2, 0.25) is 0 Å². The predicted molar refractivity (Wildman–Crippen MR) is 130 cm³/mol. The van der Waals surface area contributed by atoms with Crippen molar-refractivity contribution < 1.29 is 13.6 Å². The van der Waals surface area contributed by atoms with Gasteiger partial charge < -0.3 is 26.3 Å². The average molecular weight is 499 g/mol. The number of rotatable bonds is 7. The quantitative estimate of drug-likeness (QED) is 0.426. The van der Waals surface area contributed by atoms with E-state index in [4.69, 9.17) is 5.73 Å². The van der Waals surface area contributed by atoms with Crippen molar-refractivity contribution in [3.05, 3.63) is 46.8 Å². The second kappa shape index (κ2) is 10.3. The number of hydrogen-bond donors (Lipinski definition) is 4. The van der Waals surface area contributed by atoms with Gasteiger partial charge in [0.05, 0.1) is 17.7 Å². The van der Waals surface area contributed by atoms with Gasteiger partial charge in [0.2, 0.25) is 0 Å². The number of aromatic nitrogens is 3. The Labute approximate surface area is 206 Å². The van der Waals surface area contributed by atoms with Crippen molar-refractivity contribution in [2.45, 2.75) is 56.5 Å². The van der Waals surface area contributed by atoms with E-state index in [1.54, 1.807) is 36.0 Å². The molecule has 0 aliphatic heterocycles. The number of carbonyl (C=O) groups is 1. The minimum absolute atomic E-state index is 0.0772. The second-order valence-corrected chi connectivity index (χ2v) is 9.02. The fourth-order valence-electron chi connectivity index (χ4n) is 4.50. The van der Waals surface area contributed by atoms with Crippen LogP contribution in [0.25, 0.3) is 5.57 Å². The maximum Gasteiger partial charge on any atom is 0.274 e. The average Bonchev–Trinajstić information content (AvgIpc) is 2.88. The Hall–Kier alpha value is -4.01. The normalized spacial score (nSPS) is 23.2. The third-order valence-corrected chi connectivity index (χ3v) is 6.68. The second-order valence-electron chi connectivity index (χ2n) is 9.02. The molecule has 0 radical (unpaired) electrons. The molecule has 2 aliphatic carbocycles. The topological polar surface area (TPSA) is 151 Å². The summed E-state index contributed by atoms with van der Waals surface area (Å²) in [7, 11) is 1.61. The summed E-state index contributed by atoms with van der Waals surface area (Å²) < 4.78 is 28.9. The van der Waals surface area contributed by atoms with Gasteiger partial charge in [0, 0.05) is 43.9 Å². The zero-order chi connectivity index (χ0) is 25.9.